The Morgan fingerprint density at radius 3 is 2.86 bits per heavy atom. The number of aromatic nitrogens is 4. The summed E-state index contributed by atoms with van der Waals surface area (Å²) in [6.45, 7) is 0. The second-order valence-corrected chi connectivity index (χ2v) is 6.49. The van der Waals surface area contributed by atoms with Crippen molar-refractivity contribution in [1.82, 2.24) is 19.7 Å². The fourth-order valence-corrected chi connectivity index (χ4v) is 3.20. The molecule has 0 radical (unpaired) electrons. The molecule has 0 N–H and O–H groups in total. The third kappa shape index (κ3) is 3.20. The van der Waals surface area contributed by atoms with E-state index < -0.39 is 0 Å². The van der Waals surface area contributed by atoms with Crippen LogP contribution in [0.5, 0.6) is 0 Å². The molecule has 3 aromatic rings. The second-order valence-electron chi connectivity index (χ2n) is 4.63. The predicted octanol–water partition coefficient (Wildman–Crippen LogP) is 4.07. The standard InChI is InChI=1S/C15H12BrFN4S/c1-21-14(10-3-2-6-18-8-10)19-20-15(21)22-9-11-4-5-12(16)7-13(11)17/h2-8H,9H2,1H3. The number of halogens is 2. The zero-order valence-electron chi connectivity index (χ0n) is 11.7. The minimum Gasteiger partial charge on any atom is -0.305 e. The molecule has 0 saturated heterocycles. The lowest BCUT2D eigenvalue weighted by molar-refractivity contribution is 0.616. The van der Waals surface area contributed by atoms with Crippen molar-refractivity contribution in [3.8, 4) is 11.4 Å². The SMILES string of the molecule is Cn1c(SCc2ccc(Br)cc2F)nnc1-c1cccnc1. The maximum Gasteiger partial charge on any atom is 0.191 e. The smallest absolute Gasteiger partial charge is 0.191 e. The van der Waals surface area contributed by atoms with Crippen LogP contribution < -0.4 is 0 Å². The molecule has 2 aromatic heterocycles. The second kappa shape index (κ2) is 6.58. The average Bonchev–Trinajstić information content (AvgIpc) is 2.88. The van der Waals surface area contributed by atoms with Crippen LogP contribution in [0.2, 0.25) is 0 Å². The average molecular weight is 379 g/mol. The van der Waals surface area contributed by atoms with E-state index in [1.165, 1.54) is 17.8 Å². The summed E-state index contributed by atoms with van der Waals surface area (Å²) in [6, 6.07) is 8.85. The molecular weight excluding hydrogens is 367 g/mol. The van der Waals surface area contributed by atoms with Gasteiger partial charge in [-0.25, -0.2) is 4.39 Å². The Bertz CT molecular complexity index is 791. The summed E-state index contributed by atoms with van der Waals surface area (Å²) >= 11 is 4.70. The number of hydrogen-bond acceptors (Lipinski definition) is 4. The first-order valence-corrected chi connectivity index (χ1v) is 8.29. The van der Waals surface area contributed by atoms with Crippen molar-refractivity contribution in [3.05, 3.63) is 58.6 Å². The van der Waals surface area contributed by atoms with E-state index in [4.69, 9.17) is 0 Å². The van der Waals surface area contributed by atoms with E-state index in [1.807, 2.05) is 29.8 Å². The molecule has 7 heteroatoms. The van der Waals surface area contributed by atoms with Crippen LogP contribution in [0.3, 0.4) is 0 Å². The van der Waals surface area contributed by atoms with Crippen molar-refractivity contribution in [2.45, 2.75) is 10.9 Å². The highest BCUT2D eigenvalue weighted by Gasteiger charge is 2.12. The van der Waals surface area contributed by atoms with E-state index in [9.17, 15) is 4.39 Å². The van der Waals surface area contributed by atoms with Crippen LogP contribution in [0.15, 0.2) is 52.4 Å². The molecular formula is C15H12BrFN4S. The minimum absolute atomic E-state index is 0.225. The maximum absolute atomic E-state index is 13.8. The number of benzene rings is 1. The molecule has 0 aliphatic heterocycles. The van der Waals surface area contributed by atoms with Gasteiger partial charge in [0, 0.05) is 35.2 Å². The quantitative estimate of drug-likeness (QED) is 0.641. The van der Waals surface area contributed by atoms with Gasteiger partial charge in [0.1, 0.15) is 5.82 Å². The number of nitrogens with zero attached hydrogens (tertiary/aromatic N) is 4. The molecule has 0 amide bonds. The van der Waals surface area contributed by atoms with Gasteiger partial charge in [0.15, 0.2) is 11.0 Å². The molecule has 1 aromatic carbocycles. The molecule has 112 valence electrons. The van der Waals surface area contributed by atoms with Gasteiger partial charge in [0.05, 0.1) is 0 Å². The number of pyridine rings is 1. The molecule has 0 fully saturated rings. The van der Waals surface area contributed by atoms with Crippen LogP contribution in [0, 0.1) is 5.82 Å². The van der Waals surface area contributed by atoms with E-state index in [0.29, 0.717) is 11.3 Å². The normalized spacial score (nSPS) is 10.9. The molecule has 4 nitrogen and oxygen atoms in total. The Kier molecular flexibility index (Phi) is 4.54. The molecule has 0 aliphatic carbocycles. The van der Waals surface area contributed by atoms with E-state index >= 15 is 0 Å². The van der Waals surface area contributed by atoms with Gasteiger partial charge in [0.25, 0.3) is 0 Å². The minimum atomic E-state index is -0.225. The fourth-order valence-electron chi connectivity index (χ4n) is 1.97. The molecule has 0 atom stereocenters. The van der Waals surface area contributed by atoms with Crippen LogP contribution in [0.1, 0.15) is 5.56 Å². The summed E-state index contributed by atoms with van der Waals surface area (Å²) in [4.78, 5) is 4.08. The van der Waals surface area contributed by atoms with Gasteiger partial charge < -0.3 is 4.57 Å². The fraction of sp³-hybridized carbons (Fsp3) is 0.133. The van der Waals surface area contributed by atoms with Gasteiger partial charge >= 0.3 is 0 Å². The highest BCUT2D eigenvalue weighted by molar-refractivity contribution is 9.10. The van der Waals surface area contributed by atoms with E-state index in [-0.39, 0.29) is 5.82 Å². The lowest BCUT2D eigenvalue weighted by Gasteiger charge is -2.05. The first-order valence-electron chi connectivity index (χ1n) is 6.51. The van der Waals surface area contributed by atoms with Crippen LogP contribution in [-0.2, 0) is 12.8 Å². The summed E-state index contributed by atoms with van der Waals surface area (Å²) in [6.07, 6.45) is 3.46. The Hall–Kier alpha value is -1.73. The van der Waals surface area contributed by atoms with Gasteiger partial charge in [-0.2, -0.15) is 0 Å². The Morgan fingerprint density at radius 2 is 2.14 bits per heavy atom. The zero-order chi connectivity index (χ0) is 15.5. The largest absolute Gasteiger partial charge is 0.305 e. The lowest BCUT2D eigenvalue weighted by Crippen LogP contribution is -1.96. The zero-order valence-corrected chi connectivity index (χ0v) is 14.1. The molecule has 0 unspecified atom stereocenters. The van der Waals surface area contributed by atoms with Crippen molar-refractivity contribution in [3.63, 3.8) is 0 Å². The summed E-state index contributed by atoms with van der Waals surface area (Å²) in [7, 11) is 1.89. The topological polar surface area (TPSA) is 43.6 Å². The van der Waals surface area contributed by atoms with Gasteiger partial charge in [-0.1, -0.05) is 33.8 Å². The maximum atomic E-state index is 13.8. The van der Waals surface area contributed by atoms with Gasteiger partial charge in [0.2, 0.25) is 0 Å². The van der Waals surface area contributed by atoms with Crippen molar-refractivity contribution in [2.24, 2.45) is 7.05 Å². The predicted molar refractivity (Wildman–Crippen MR) is 87.9 cm³/mol. The molecule has 0 bridgehead atoms. The monoisotopic (exact) mass is 378 g/mol. The number of hydrogen-bond donors (Lipinski definition) is 0. The molecule has 3 rings (SSSR count). The van der Waals surface area contributed by atoms with Crippen molar-refractivity contribution in [1.29, 1.82) is 0 Å². The van der Waals surface area contributed by atoms with Crippen LogP contribution in [-0.4, -0.2) is 19.7 Å². The van der Waals surface area contributed by atoms with E-state index in [2.05, 4.69) is 31.1 Å². The summed E-state index contributed by atoms with van der Waals surface area (Å²) in [5.74, 6) is 1.02. The van der Waals surface area contributed by atoms with Crippen LogP contribution in [0.4, 0.5) is 4.39 Å². The van der Waals surface area contributed by atoms with Gasteiger partial charge in [-0.15, -0.1) is 10.2 Å². The Labute approximate surface area is 139 Å². The van der Waals surface area contributed by atoms with Crippen LogP contribution in [0.25, 0.3) is 11.4 Å². The highest BCUT2D eigenvalue weighted by atomic mass is 79.9. The first kappa shape index (κ1) is 15.2. The molecule has 0 saturated carbocycles. The first-order chi connectivity index (χ1) is 10.6. The van der Waals surface area contributed by atoms with E-state index in [0.717, 1.165) is 21.0 Å². The third-order valence-electron chi connectivity index (χ3n) is 3.13. The Morgan fingerprint density at radius 1 is 1.27 bits per heavy atom. The number of rotatable bonds is 4. The molecule has 0 aliphatic rings. The molecule has 2 heterocycles. The van der Waals surface area contributed by atoms with Crippen LogP contribution >= 0.6 is 27.7 Å². The number of thioether (sulfide) groups is 1. The lowest BCUT2D eigenvalue weighted by atomic mass is 10.2. The van der Waals surface area contributed by atoms with Crippen molar-refractivity contribution >= 4 is 27.7 Å². The summed E-state index contributed by atoms with van der Waals surface area (Å²) in [5.41, 5.74) is 1.54. The summed E-state index contributed by atoms with van der Waals surface area (Å²) < 4.78 is 16.4. The van der Waals surface area contributed by atoms with Crippen molar-refractivity contribution in [2.75, 3.05) is 0 Å². The highest BCUT2D eigenvalue weighted by Crippen LogP contribution is 2.26. The van der Waals surface area contributed by atoms with E-state index in [1.54, 1.807) is 18.5 Å². The third-order valence-corrected chi connectivity index (χ3v) is 4.69. The molecule has 22 heavy (non-hydrogen) atoms. The van der Waals surface area contributed by atoms with Gasteiger partial charge in [-0.3, -0.25) is 4.98 Å². The Balaban J connectivity index is 1.78. The van der Waals surface area contributed by atoms with Crippen molar-refractivity contribution < 1.29 is 4.39 Å². The summed E-state index contributed by atoms with van der Waals surface area (Å²) in [5, 5.41) is 9.09. The van der Waals surface area contributed by atoms with Gasteiger partial charge in [-0.05, 0) is 29.8 Å². The molecule has 0 spiro atoms.